The van der Waals surface area contributed by atoms with Gasteiger partial charge >= 0.3 is 5.97 Å². The van der Waals surface area contributed by atoms with Crippen LogP contribution in [0.1, 0.15) is 36.9 Å². The third kappa shape index (κ3) is 3.33. The molecule has 1 heterocycles. The van der Waals surface area contributed by atoms with Crippen molar-refractivity contribution in [1.29, 1.82) is 0 Å². The fourth-order valence-electron chi connectivity index (χ4n) is 2.41. The molecule has 0 aromatic heterocycles. The standard InChI is InChI=1S/C15H21NO3/c1-11(2)12-3-5-13(6-4-12)14(15(17)18)16-7-9-19-10-8-16/h3-6,11,14H,7-10H2,1-2H3,(H,17,18)/t14-/m1/s1. The van der Waals surface area contributed by atoms with Gasteiger partial charge in [-0.25, -0.2) is 0 Å². The van der Waals surface area contributed by atoms with Crippen LogP contribution in [0.15, 0.2) is 24.3 Å². The Hall–Kier alpha value is -1.39. The number of aliphatic carboxylic acids is 1. The Kier molecular flexibility index (Phi) is 4.56. The second-order valence-corrected chi connectivity index (χ2v) is 5.21. The molecule has 1 atom stereocenters. The highest BCUT2D eigenvalue weighted by Crippen LogP contribution is 2.24. The van der Waals surface area contributed by atoms with E-state index in [1.54, 1.807) is 0 Å². The van der Waals surface area contributed by atoms with Crippen molar-refractivity contribution in [2.45, 2.75) is 25.8 Å². The zero-order valence-corrected chi connectivity index (χ0v) is 11.5. The molecule has 0 amide bonds. The molecule has 0 spiro atoms. The van der Waals surface area contributed by atoms with Gasteiger partial charge < -0.3 is 9.84 Å². The minimum absolute atomic E-state index is 0.459. The van der Waals surface area contributed by atoms with Crippen LogP contribution < -0.4 is 0 Å². The molecule has 1 aromatic rings. The third-order valence-electron chi connectivity index (χ3n) is 3.56. The number of rotatable bonds is 4. The highest BCUT2D eigenvalue weighted by molar-refractivity contribution is 5.75. The van der Waals surface area contributed by atoms with E-state index in [1.807, 2.05) is 29.2 Å². The lowest BCUT2D eigenvalue weighted by Gasteiger charge is -2.32. The number of nitrogens with zero attached hydrogens (tertiary/aromatic N) is 1. The molecular weight excluding hydrogens is 242 g/mol. The highest BCUT2D eigenvalue weighted by Gasteiger charge is 2.28. The maximum absolute atomic E-state index is 11.5. The molecule has 0 unspecified atom stereocenters. The number of hydrogen-bond acceptors (Lipinski definition) is 3. The van der Waals surface area contributed by atoms with Gasteiger partial charge in [-0.05, 0) is 17.0 Å². The minimum Gasteiger partial charge on any atom is -0.480 e. The Labute approximate surface area is 114 Å². The Morgan fingerprint density at radius 2 is 1.68 bits per heavy atom. The summed E-state index contributed by atoms with van der Waals surface area (Å²) in [7, 11) is 0. The van der Waals surface area contributed by atoms with E-state index in [-0.39, 0.29) is 0 Å². The molecule has 1 N–H and O–H groups in total. The number of ether oxygens (including phenoxy) is 1. The Morgan fingerprint density at radius 3 is 2.16 bits per heavy atom. The molecule has 104 valence electrons. The molecule has 4 heteroatoms. The first-order valence-corrected chi connectivity index (χ1v) is 6.74. The fourth-order valence-corrected chi connectivity index (χ4v) is 2.41. The van der Waals surface area contributed by atoms with Gasteiger partial charge in [-0.3, -0.25) is 9.69 Å². The van der Waals surface area contributed by atoms with Crippen LogP contribution in [0.4, 0.5) is 0 Å². The molecule has 19 heavy (non-hydrogen) atoms. The summed E-state index contributed by atoms with van der Waals surface area (Å²) in [6.07, 6.45) is 0. The van der Waals surface area contributed by atoms with Gasteiger partial charge in [0, 0.05) is 13.1 Å². The Morgan fingerprint density at radius 1 is 1.16 bits per heavy atom. The van der Waals surface area contributed by atoms with Gasteiger partial charge in [0.15, 0.2) is 0 Å². The first kappa shape index (κ1) is 14.0. The molecule has 1 aromatic carbocycles. The summed E-state index contributed by atoms with van der Waals surface area (Å²) in [5.74, 6) is -0.333. The van der Waals surface area contributed by atoms with E-state index in [2.05, 4.69) is 13.8 Å². The van der Waals surface area contributed by atoms with Crippen LogP contribution in [-0.4, -0.2) is 42.3 Å². The summed E-state index contributed by atoms with van der Waals surface area (Å²) in [4.78, 5) is 13.5. The number of morpholine rings is 1. The van der Waals surface area contributed by atoms with Crippen LogP contribution in [0, 0.1) is 0 Å². The van der Waals surface area contributed by atoms with Crippen LogP contribution >= 0.6 is 0 Å². The number of benzene rings is 1. The molecule has 0 aliphatic carbocycles. The zero-order chi connectivity index (χ0) is 13.8. The molecule has 1 aliphatic heterocycles. The van der Waals surface area contributed by atoms with Crippen molar-refractivity contribution in [2.75, 3.05) is 26.3 Å². The second-order valence-electron chi connectivity index (χ2n) is 5.21. The first-order valence-electron chi connectivity index (χ1n) is 6.74. The van der Waals surface area contributed by atoms with Gasteiger partial charge in [0.05, 0.1) is 13.2 Å². The van der Waals surface area contributed by atoms with E-state index in [0.717, 1.165) is 5.56 Å². The van der Waals surface area contributed by atoms with Crippen LogP contribution in [-0.2, 0) is 9.53 Å². The van der Waals surface area contributed by atoms with Gasteiger partial charge in [0.1, 0.15) is 6.04 Å². The van der Waals surface area contributed by atoms with E-state index in [1.165, 1.54) is 5.56 Å². The average Bonchev–Trinajstić information content (AvgIpc) is 2.40. The van der Waals surface area contributed by atoms with Crippen molar-refractivity contribution >= 4 is 5.97 Å². The van der Waals surface area contributed by atoms with E-state index >= 15 is 0 Å². The lowest BCUT2D eigenvalue weighted by atomic mass is 9.98. The quantitative estimate of drug-likeness (QED) is 0.905. The third-order valence-corrected chi connectivity index (χ3v) is 3.56. The highest BCUT2D eigenvalue weighted by atomic mass is 16.5. The maximum atomic E-state index is 11.5. The van der Waals surface area contributed by atoms with Gasteiger partial charge in [-0.1, -0.05) is 38.1 Å². The predicted molar refractivity (Wildman–Crippen MR) is 73.3 cm³/mol. The van der Waals surface area contributed by atoms with Crippen LogP contribution in [0.25, 0.3) is 0 Å². The predicted octanol–water partition coefficient (Wildman–Crippen LogP) is 2.27. The zero-order valence-electron chi connectivity index (χ0n) is 11.5. The molecule has 0 bridgehead atoms. The van der Waals surface area contributed by atoms with Crippen molar-refractivity contribution < 1.29 is 14.6 Å². The SMILES string of the molecule is CC(C)c1ccc([C@H](C(=O)O)N2CCOCC2)cc1. The number of carboxylic acids is 1. The van der Waals surface area contributed by atoms with Crippen molar-refractivity contribution in [2.24, 2.45) is 0 Å². The smallest absolute Gasteiger partial charge is 0.325 e. The Bertz CT molecular complexity index is 422. The van der Waals surface area contributed by atoms with Crippen LogP contribution in [0.2, 0.25) is 0 Å². The monoisotopic (exact) mass is 263 g/mol. The molecule has 1 aliphatic rings. The van der Waals surface area contributed by atoms with Gasteiger partial charge in [-0.2, -0.15) is 0 Å². The van der Waals surface area contributed by atoms with Crippen LogP contribution in [0.3, 0.4) is 0 Å². The van der Waals surface area contributed by atoms with E-state index in [0.29, 0.717) is 32.2 Å². The van der Waals surface area contributed by atoms with Crippen molar-refractivity contribution in [3.63, 3.8) is 0 Å². The normalized spacial score (nSPS) is 18.5. The molecule has 0 saturated carbocycles. The van der Waals surface area contributed by atoms with Crippen molar-refractivity contribution in [3.05, 3.63) is 35.4 Å². The van der Waals surface area contributed by atoms with Gasteiger partial charge in [-0.15, -0.1) is 0 Å². The molecule has 2 rings (SSSR count). The van der Waals surface area contributed by atoms with E-state index < -0.39 is 12.0 Å². The largest absolute Gasteiger partial charge is 0.480 e. The molecule has 0 radical (unpaired) electrons. The summed E-state index contributed by atoms with van der Waals surface area (Å²) in [6.45, 7) is 6.81. The molecule has 4 nitrogen and oxygen atoms in total. The maximum Gasteiger partial charge on any atom is 0.325 e. The number of hydrogen-bond donors (Lipinski definition) is 1. The number of carbonyl (C=O) groups is 1. The van der Waals surface area contributed by atoms with Gasteiger partial charge in [0.2, 0.25) is 0 Å². The summed E-state index contributed by atoms with van der Waals surface area (Å²) >= 11 is 0. The van der Waals surface area contributed by atoms with Gasteiger partial charge in [0.25, 0.3) is 0 Å². The first-order chi connectivity index (χ1) is 9.09. The topological polar surface area (TPSA) is 49.8 Å². The molecule has 1 saturated heterocycles. The average molecular weight is 263 g/mol. The fraction of sp³-hybridized carbons (Fsp3) is 0.533. The minimum atomic E-state index is -0.792. The molecular formula is C15H21NO3. The molecule has 1 fully saturated rings. The van der Waals surface area contributed by atoms with E-state index in [4.69, 9.17) is 4.74 Å². The summed E-state index contributed by atoms with van der Waals surface area (Å²) in [5.41, 5.74) is 2.08. The number of carboxylic acid groups (broad SMARTS) is 1. The van der Waals surface area contributed by atoms with Crippen LogP contribution in [0.5, 0.6) is 0 Å². The summed E-state index contributed by atoms with van der Waals surface area (Å²) in [5, 5.41) is 9.47. The van der Waals surface area contributed by atoms with E-state index in [9.17, 15) is 9.90 Å². The lowest BCUT2D eigenvalue weighted by molar-refractivity contribution is -0.145. The summed E-state index contributed by atoms with van der Waals surface area (Å²) in [6, 6.07) is 7.35. The van der Waals surface area contributed by atoms with Crippen molar-refractivity contribution in [1.82, 2.24) is 4.90 Å². The van der Waals surface area contributed by atoms with Crippen molar-refractivity contribution in [3.8, 4) is 0 Å². The Balaban J connectivity index is 2.20. The summed E-state index contributed by atoms with van der Waals surface area (Å²) < 4.78 is 5.28. The second kappa shape index (κ2) is 6.17. The lowest BCUT2D eigenvalue weighted by Crippen LogP contribution is -2.42.